The normalized spacial score (nSPS) is 11.1. The van der Waals surface area contributed by atoms with Gasteiger partial charge in [-0.2, -0.15) is 0 Å². The quantitative estimate of drug-likeness (QED) is 0.473. The topological polar surface area (TPSA) is 95.5 Å². The van der Waals surface area contributed by atoms with Gasteiger partial charge in [0, 0.05) is 10.0 Å². The van der Waals surface area contributed by atoms with E-state index in [0.717, 1.165) is 5.56 Å². The molecule has 9 heteroatoms. The molecule has 3 aromatic rings. The van der Waals surface area contributed by atoms with Gasteiger partial charge < -0.3 is 10.4 Å². The van der Waals surface area contributed by atoms with Crippen molar-refractivity contribution in [2.24, 2.45) is 0 Å². The lowest BCUT2D eigenvalue weighted by molar-refractivity contribution is 0.102. The summed E-state index contributed by atoms with van der Waals surface area (Å²) in [6.45, 7) is 1.80. The second-order valence-electron chi connectivity index (χ2n) is 6.22. The molecule has 3 rings (SSSR count). The van der Waals surface area contributed by atoms with Gasteiger partial charge in [0.1, 0.15) is 5.75 Å². The fourth-order valence-electron chi connectivity index (χ4n) is 2.55. The Bertz CT molecular complexity index is 1180. The van der Waals surface area contributed by atoms with Crippen LogP contribution in [0.15, 0.2) is 65.6 Å². The molecular weight excluding hydrogens is 435 g/mol. The lowest BCUT2D eigenvalue weighted by atomic mass is 10.1. The van der Waals surface area contributed by atoms with Gasteiger partial charge in [-0.05, 0) is 67.1 Å². The first-order valence-electron chi connectivity index (χ1n) is 8.34. The summed E-state index contributed by atoms with van der Waals surface area (Å²) in [6.07, 6.45) is 0. The third kappa shape index (κ3) is 5.00. The third-order valence-electron chi connectivity index (χ3n) is 4.00. The van der Waals surface area contributed by atoms with E-state index >= 15 is 0 Å². The average Bonchev–Trinajstić information content (AvgIpc) is 2.65. The van der Waals surface area contributed by atoms with E-state index < -0.39 is 15.9 Å². The van der Waals surface area contributed by atoms with Gasteiger partial charge in [0.2, 0.25) is 0 Å². The number of hydrogen-bond donors (Lipinski definition) is 3. The number of aryl methyl sites for hydroxylation is 1. The van der Waals surface area contributed by atoms with Crippen LogP contribution in [0.5, 0.6) is 5.75 Å². The van der Waals surface area contributed by atoms with Gasteiger partial charge in [-0.3, -0.25) is 9.52 Å². The molecule has 29 heavy (non-hydrogen) atoms. The number of amides is 1. The van der Waals surface area contributed by atoms with Gasteiger partial charge in [-0.15, -0.1) is 0 Å². The van der Waals surface area contributed by atoms with E-state index in [2.05, 4.69) is 10.0 Å². The number of carbonyl (C=O) groups is 1. The summed E-state index contributed by atoms with van der Waals surface area (Å²) in [5.41, 5.74) is 1.04. The van der Waals surface area contributed by atoms with Crippen molar-refractivity contribution >= 4 is 50.5 Å². The predicted octanol–water partition coefficient (Wildman–Crippen LogP) is 5.06. The highest BCUT2D eigenvalue weighted by atomic mass is 35.5. The monoisotopic (exact) mass is 450 g/mol. The number of anilines is 2. The first kappa shape index (κ1) is 21.0. The maximum Gasteiger partial charge on any atom is 0.261 e. The molecule has 0 atom stereocenters. The van der Waals surface area contributed by atoms with Crippen molar-refractivity contribution in [1.82, 2.24) is 0 Å². The highest BCUT2D eigenvalue weighted by Crippen LogP contribution is 2.28. The molecular formula is C20H16Cl2N2O4S. The molecule has 0 heterocycles. The lowest BCUT2D eigenvalue weighted by Crippen LogP contribution is -2.18. The average molecular weight is 451 g/mol. The Morgan fingerprint density at radius 2 is 1.52 bits per heavy atom. The highest BCUT2D eigenvalue weighted by molar-refractivity contribution is 7.92. The minimum atomic E-state index is -3.97. The number of carbonyl (C=O) groups excluding carboxylic acids is 1. The van der Waals surface area contributed by atoms with Gasteiger partial charge in [0.25, 0.3) is 15.9 Å². The predicted molar refractivity (Wildman–Crippen MR) is 115 cm³/mol. The lowest BCUT2D eigenvalue weighted by Gasteiger charge is -2.14. The number of halogens is 2. The summed E-state index contributed by atoms with van der Waals surface area (Å²) in [5, 5.41) is 13.2. The Kier molecular flexibility index (Phi) is 6.02. The van der Waals surface area contributed by atoms with Crippen molar-refractivity contribution in [2.75, 3.05) is 10.0 Å². The fourth-order valence-corrected chi connectivity index (χ4v) is 3.93. The molecule has 0 bridgehead atoms. The van der Waals surface area contributed by atoms with E-state index in [1.807, 2.05) is 0 Å². The van der Waals surface area contributed by atoms with Crippen LogP contribution < -0.4 is 10.0 Å². The molecule has 0 radical (unpaired) electrons. The number of hydrogen-bond acceptors (Lipinski definition) is 4. The van der Waals surface area contributed by atoms with Crippen LogP contribution in [0.25, 0.3) is 0 Å². The van der Waals surface area contributed by atoms with Crippen molar-refractivity contribution in [3.63, 3.8) is 0 Å². The number of aromatic hydroxyl groups is 1. The minimum Gasteiger partial charge on any atom is -0.506 e. The molecule has 0 unspecified atom stereocenters. The zero-order chi connectivity index (χ0) is 21.2. The van der Waals surface area contributed by atoms with Crippen molar-refractivity contribution in [3.05, 3.63) is 81.8 Å². The van der Waals surface area contributed by atoms with Gasteiger partial charge >= 0.3 is 0 Å². The molecule has 0 aliphatic heterocycles. The standard InChI is InChI=1S/C20H16Cl2N2O4S/c1-12-2-8-18(19(25)10-12)23-20(26)16-11-14(22)5-9-17(16)24-29(27,28)15-6-3-13(21)4-7-15/h2-11,24-25H,1H3,(H,23,26). The van der Waals surface area contributed by atoms with Crippen LogP contribution in [-0.2, 0) is 10.0 Å². The van der Waals surface area contributed by atoms with Crippen LogP contribution in [0.2, 0.25) is 10.0 Å². The Morgan fingerprint density at radius 3 is 2.17 bits per heavy atom. The Hall–Kier alpha value is -2.74. The van der Waals surface area contributed by atoms with E-state index in [1.54, 1.807) is 19.1 Å². The number of benzene rings is 3. The van der Waals surface area contributed by atoms with Crippen LogP contribution in [0.1, 0.15) is 15.9 Å². The summed E-state index contributed by atoms with van der Waals surface area (Å²) < 4.78 is 27.7. The number of rotatable bonds is 5. The maximum atomic E-state index is 12.8. The number of sulfonamides is 1. The molecule has 0 spiro atoms. The van der Waals surface area contributed by atoms with E-state index in [1.165, 1.54) is 48.5 Å². The molecule has 3 N–H and O–H groups in total. The van der Waals surface area contributed by atoms with Gasteiger partial charge in [-0.25, -0.2) is 8.42 Å². The van der Waals surface area contributed by atoms with Crippen LogP contribution in [0.3, 0.4) is 0 Å². The Labute approximate surface area is 178 Å². The van der Waals surface area contributed by atoms with Gasteiger partial charge in [0.15, 0.2) is 0 Å². The summed E-state index contributed by atoms with van der Waals surface area (Å²) in [5.74, 6) is -0.746. The van der Waals surface area contributed by atoms with E-state index in [-0.39, 0.29) is 32.6 Å². The molecule has 0 aliphatic rings. The first-order valence-corrected chi connectivity index (χ1v) is 10.6. The summed E-state index contributed by atoms with van der Waals surface area (Å²) in [4.78, 5) is 12.7. The largest absolute Gasteiger partial charge is 0.506 e. The molecule has 150 valence electrons. The smallest absolute Gasteiger partial charge is 0.261 e. The zero-order valence-electron chi connectivity index (χ0n) is 15.1. The minimum absolute atomic E-state index is 0.00462. The zero-order valence-corrected chi connectivity index (χ0v) is 17.4. The summed E-state index contributed by atoms with van der Waals surface area (Å²) >= 11 is 11.8. The molecule has 3 aromatic carbocycles. The fraction of sp³-hybridized carbons (Fsp3) is 0.0500. The molecule has 0 fully saturated rings. The van der Waals surface area contributed by atoms with Gasteiger partial charge in [0.05, 0.1) is 21.8 Å². The first-order chi connectivity index (χ1) is 13.7. The van der Waals surface area contributed by atoms with Gasteiger partial charge in [-0.1, -0.05) is 29.3 Å². The molecule has 6 nitrogen and oxygen atoms in total. The van der Waals surface area contributed by atoms with Crippen LogP contribution in [0.4, 0.5) is 11.4 Å². The second-order valence-corrected chi connectivity index (χ2v) is 8.78. The van der Waals surface area contributed by atoms with Crippen LogP contribution >= 0.6 is 23.2 Å². The van der Waals surface area contributed by atoms with E-state index in [0.29, 0.717) is 5.02 Å². The molecule has 0 aliphatic carbocycles. The summed E-state index contributed by atoms with van der Waals surface area (Å²) in [6, 6.07) is 14.6. The second kappa shape index (κ2) is 8.32. The van der Waals surface area contributed by atoms with E-state index in [4.69, 9.17) is 23.2 Å². The summed E-state index contributed by atoms with van der Waals surface area (Å²) in [7, 11) is -3.97. The molecule has 0 saturated heterocycles. The van der Waals surface area contributed by atoms with E-state index in [9.17, 15) is 18.3 Å². The van der Waals surface area contributed by atoms with Crippen molar-refractivity contribution in [2.45, 2.75) is 11.8 Å². The number of phenolic OH excluding ortho intramolecular Hbond substituents is 1. The molecule has 0 aromatic heterocycles. The van der Waals surface area contributed by atoms with Crippen molar-refractivity contribution < 1.29 is 18.3 Å². The van der Waals surface area contributed by atoms with Crippen LogP contribution in [0, 0.1) is 6.92 Å². The molecule has 0 saturated carbocycles. The van der Waals surface area contributed by atoms with Crippen LogP contribution in [-0.4, -0.2) is 19.4 Å². The van der Waals surface area contributed by atoms with Crippen molar-refractivity contribution in [1.29, 1.82) is 0 Å². The Balaban J connectivity index is 1.93. The molecule has 1 amide bonds. The number of phenols is 1. The highest BCUT2D eigenvalue weighted by Gasteiger charge is 2.20. The SMILES string of the molecule is Cc1ccc(NC(=O)c2cc(Cl)ccc2NS(=O)(=O)c2ccc(Cl)cc2)c(O)c1. The number of nitrogens with one attached hydrogen (secondary N) is 2. The third-order valence-corrected chi connectivity index (χ3v) is 5.86. The Morgan fingerprint density at radius 1 is 0.897 bits per heavy atom. The van der Waals surface area contributed by atoms with Crippen molar-refractivity contribution in [3.8, 4) is 5.75 Å². The maximum absolute atomic E-state index is 12.8.